The molecular formula is C17H13N3O2S2. The van der Waals surface area contributed by atoms with E-state index in [9.17, 15) is 8.42 Å². The van der Waals surface area contributed by atoms with Gasteiger partial charge in [-0.15, -0.1) is 11.3 Å². The maximum Gasteiger partial charge on any atom is 0.273 e. The van der Waals surface area contributed by atoms with Crippen molar-refractivity contribution >= 4 is 38.3 Å². The van der Waals surface area contributed by atoms with Crippen molar-refractivity contribution in [3.8, 4) is 5.69 Å². The minimum absolute atomic E-state index is 0.258. The van der Waals surface area contributed by atoms with Gasteiger partial charge in [-0.3, -0.25) is 4.57 Å². The van der Waals surface area contributed by atoms with Gasteiger partial charge >= 0.3 is 0 Å². The van der Waals surface area contributed by atoms with E-state index in [1.165, 1.54) is 11.3 Å². The van der Waals surface area contributed by atoms with E-state index in [0.717, 1.165) is 16.7 Å². The van der Waals surface area contributed by atoms with Crippen molar-refractivity contribution in [2.24, 2.45) is 0 Å². The zero-order valence-electron chi connectivity index (χ0n) is 12.5. The van der Waals surface area contributed by atoms with E-state index < -0.39 is 10.0 Å². The van der Waals surface area contributed by atoms with Gasteiger partial charge in [0.2, 0.25) is 5.95 Å². The first-order valence-corrected chi connectivity index (χ1v) is 9.61. The van der Waals surface area contributed by atoms with Crippen molar-refractivity contribution in [3.05, 3.63) is 72.1 Å². The molecule has 0 aliphatic carbocycles. The molecule has 0 amide bonds. The summed E-state index contributed by atoms with van der Waals surface area (Å²) in [5.41, 5.74) is 2.41. The van der Waals surface area contributed by atoms with Crippen LogP contribution in [-0.2, 0) is 10.0 Å². The van der Waals surface area contributed by atoms with Crippen LogP contribution in [-0.4, -0.2) is 18.0 Å². The average molecular weight is 355 g/mol. The Morgan fingerprint density at radius 1 is 0.917 bits per heavy atom. The van der Waals surface area contributed by atoms with E-state index in [1.54, 1.807) is 22.1 Å². The average Bonchev–Trinajstić information content (AvgIpc) is 3.23. The number of hydrogen-bond acceptors (Lipinski definition) is 4. The Morgan fingerprint density at radius 2 is 1.67 bits per heavy atom. The molecule has 120 valence electrons. The fourth-order valence-electron chi connectivity index (χ4n) is 2.52. The summed E-state index contributed by atoms with van der Waals surface area (Å²) in [5, 5.41) is 1.73. The van der Waals surface area contributed by atoms with Gasteiger partial charge in [0.1, 0.15) is 4.21 Å². The SMILES string of the molecule is O=S(=O)(Nc1nc2ccccc2n1-c1ccccc1)c1cccs1. The van der Waals surface area contributed by atoms with Crippen molar-refractivity contribution in [2.75, 3.05) is 4.72 Å². The second kappa shape index (κ2) is 5.77. The fraction of sp³-hybridized carbons (Fsp3) is 0. The minimum Gasteiger partial charge on any atom is -0.278 e. The van der Waals surface area contributed by atoms with Gasteiger partial charge in [-0.25, -0.2) is 18.1 Å². The fourth-order valence-corrected chi connectivity index (χ4v) is 4.50. The predicted octanol–water partition coefficient (Wildman–Crippen LogP) is 3.89. The van der Waals surface area contributed by atoms with Crippen LogP contribution in [0.15, 0.2) is 76.3 Å². The Morgan fingerprint density at radius 3 is 2.42 bits per heavy atom. The molecule has 0 spiro atoms. The third kappa shape index (κ3) is 2.57. The van der Waals surface area contributed by atoms with E-state index >= 15 is 0 Å². The van der Waals surface area contributed by atoms with Crippen LogP contribution in [0.25, 0.3) is 16.7 Å². The molecule has 0 unspecified atom stereocenters. The van der Waals surface area contributed by atoms with Crippen molar-refractivity contribution in [1.82, 2.24) is 9.55 Å². The van der Waals surface area contributed by atoms with Crippen LogP contribution in [0.2, 0.25) is 0 Å². The van der Waals surface area contributed by atoms with Crippen LogP contribution >= 0.6 is 11.3 Å². The zero-order valence-corrected chi connectivity index (χ0v) is 14.1. The molecule has 4 rings (SSSR count). The number of benzene rings is 2. The molecule has 0 aliphatic heterocycles. The van der Waals surface area contributed by atoms with Crippen LogP contribution in [0.4, 0.5) is 5.95 Å². The Balaban J connectivity index is 1.90. The van der Waals surface area contributed by atoms with E-state index in [4.69, 9.17) is 0 Å². The van der Waals surface area contributed by atoms with Crippen LogP contribution < -0.4 is 4.72 Å². The Kier molecular flexibility index (Phi) is 3.59. The number of nitrogens with zero attached hydrogens (tertiary/aromatic N) is 2. The first kappa shape index (κ1) is 14.9. The highest BCUT2D eigenvalue weighted by Crippen LogP contribution is 2.27. The smallest absolute Gasteiger partial charge is 0.273 e. The van der Waals surface area contributed by atoms with E-state index in [2.05, 4.69) is 9.71 Å². The summed E-state index contributed by atoms with van der Waals surface area (Å²) in [6.07, 6.45) is 0. The molecule has 0 atom stereocenters. The maximum atomic E-state index is 12.6. The number of thiophene rings is 1. The number of para-hydroxylation sites is 3. The summed E-state index contributed by atoms with van der Waals surface area (Å²) in [4.78, 5) is 4.46. The predicted molar refractivity (Wildman–Crippen MR) is 96.2 cm³/mol. The van der Waals surface area contributed by atoms with Gasteiger partial charge in [-0.2, -0.15) is 0 Å². The monoisotopic (exact) mass is 355 g/mol. The lowest BCUT2D eigenvalue weighted by molar-refractivity contribution is 0.602. The first-order chi connectivity index (χ1) is 11.6. The molecule has 0 fully saturated rings. The summed E-state index contributed by atoms with van der Waals surface area (Å²) in [7, 11) is -3.66. The first-order valence-electron chi connectivity index (χ1n) is 7.24. The number of anilines is 1. The highest BCUT2D eigenvalue weighted by Gasteiger charge is 2.20. The number of fused-ring (bicyclic) bond motifs is 1. The molecule has 7 heteroatoms. The van der Waals surface area contributed by atoms with Crippen LogP contribution in [0.1, 0.15) is 0 Å². The van der Waals surface area contributed by atoms with Gasteiger partial charge in [0.05, 0.1) is 11.0 Å². The van der Waals surface area contributed by atoms with Crippen molar-refractivity contribution in [2.45, 2.75) is 4.21 Å². The lowest BCUT2D eigenvalue weighted by atomic mass is 10.3. The standard InChI is InChI=1S/C17H13N3O2S2/c21-24(22,16-11-6-12-23-16)19-17-18-14-9-4-5-10-15(14)20(17)13-7-2-1-3-8-13/h1-12H,(H,18,19). The molecule has 0 aliphatic rings. The molecular weight excluding hydrogens is 342 g/mol. The summed E-state index contributed by atoms with van der Waals surface area (Å²) in [5.74, 6) is 0.274. The van der Waals surface area contributed by atoms with Gasteiger partial charge in [-0.05, 0) is 35.7 Å². The number of sulfonamides is 1. The molecule has 2 heterocycles. The number of rotatable bonds is 4. The van der Waals surface area contributed by atoms with E-state index in [0.29, 0.717) is 0 Å². The molecule has 0 bridgehead atoms. The topological polar surface area (TPSA) is 64.0 Å². The van der Waals surface area contributed by atoms with Gasteiger partial charge < -0.3 is 0 Å². The zero-order chi connectivity index (χ0) is 16.6. The molecule has 5 nitrogen and oxygen atoms in total. The molecule has 0 saturated heterocycles. The number of hydrogen-bond donors (Lipinski definition) is 1. The molecule has 0 saturated carbocycles. The van der Waals surface area contributed by atoms with Gasteiger partial charge in [0, 0.05) is 5.69 Å². The summed E-state index contributed by atoms with van der Waals surface area (Å²) < 4.78 is 29.8. The Bertz CT molecular complexity index is 1090. The largest absolute Gasteiger partial charge is 0.278 e. The van der Waals surface area contributed by atoms with Crippen LogP contribution in [0.3, 0.4) is 0 Å². The highest BCUT2D eigenvalue weighted by molar-refractivity contribution is 7.94. The molecule has 4 aromatic rings. The third-order valence-corrected chi connectivity index (χ3v) is 6.29. The van der Waals surface area contributed by atoms with Crippen molar-refractivity contribution < 1.29 is 8.42 Å². The second-order valence-electron chi connectivity index (χ2n) is 5.13. The highest BCUT2D eigenvalue weighted by atomic mass is 32.2. The molecule has 2 aromatic heterocycles. The minimum atomic E-state index is -3.66. The molecule has 24 heavy (non-hydrogen) atoms. The van der Waals surface area contributed by atoms with Gasteiger partial charge in [0.25, 0.3) is 10.0 Å². The van der Waals surface area contributed by atoms with E-state index in [-0.39, 0.29) is 10.2 Å². The number of nitrogens with one attached hydrogen (secondary N) is 1. The number of aromatic nitrogens is 2. The third-order valence-electron chi connectivity index (χ3n) is 3.56. The number of imidazole rings is 1. The summed E-state index contributed by atoms with van der Waals surface area (Å²) in [6, 6.07) is 20.4. The normalized spacial score (nSPS) is 11.7. The van der Waals surface area contributed by atoms with E-state index in [1.807, 2.05) is 54.6 Å². The Labute approximate surface area is 143 Å². The molecule has 2 aromatic carbocycles. The lowest BCUT2D eigenvalue weighted by Gasteiger charge is -2.10. The molecule has 0 radical (unpaired) electrons. The lowest BCUT2D eigenvalue weighted by Crippen LogP contribution is -2.15. The quantitative estimate of drug-likeness (QED) is 0.604. The molecule has 1 N–H and O–H groups in total. The van der Waals surface area contributed by atoms with Crippen molar-refractivity contribution in [3.63, 3.8) is 0 Å². The van der Waals surface area contributed by atoms with Crippen LogP contribution in [0, 0.1) is 0 Å². The summed E-state index contributed by atoms with van der Waals surface area (Å²) in [6.45, 7) is 0. The second-order valence-corrected chi connectivity index (χ2v) is 7.99. The Hall–Kier alpha value is -2.64. The summed E-state index contributed by atoms with van der Waals surface area (Å²) >= 11 is 1.17. The van der Waals surface area contributed by atoms with Gasteiger partial charge in [0.15, 0.2) is 0 Å². The van der Waals surface area contributed by atoms with Crippen LogP contribution in [0.5, 0.6) is 0 Å². The van der Waals surface area contributed by atoms with Crippen molar-refractivity contribution in [1.29, 1.82) is 0 Å². The maximum absolute atomic E-state index is 12.6. The van der Waals surface area contributed by atoms with Gasteiger partial charge in [-0.1, -0.05) is 36.4 Å².